The van der Waals surface area contributed by atoms with Crippen molar-refractivity contribution in [3.63, 3.8) is 0 Å². The molecule has 0 bridgehead atoms. The summed E-state index contributed by atoms with van der Waals surface area (Å²) in [5, 5.41) is 18.7. The molecule has 1 aromatic carbocycles. The van der Waals surface area contributed by atoms with E-state index in [9.17, 15) is 13.5 Å². The molecule has 35 heavy (non-hydrogen) atoms. The summed E-state index contributed by atoms with van der Waals surface area (Å²) in [6.07, 6.45) is 4.55. The third kappa shape index (κ3) is 5.20. The van der Waals surface area contributed by atoms with E-state index in [0.29, 0.717) is 34.3 Å². The number of sulfonamides is 1. The summed E-state index contributed by atoms with van der Waals surface area (Å²) in [4.78, 5) is 12.2. The average molecular weight is 498 g/mol. The fraction of sp³-hybridized carbons (Fsp3) is 0.227. The normalized spacial score (nSPS) is 12.2. The number of hydrogen-bond donors (Lipinski definition) is 2. The number of rotatable bonds is 9. The second kappa shape index (κ2) is 10.0. The van der Waals surface area contributed by atoms with E-state index in [4.69, 9.17) is 9.47 Å². The molecule has 13 heteroatoms. The molecular weight excluding hydrogens is 474 g/mol. The number of aliphatic hydroxyl groups is 1. The molecule has 1 atom stereocenters. The van der Waals surface area contributed by atoms with Crippen LogP contribution in [0.5, 0.6) is 11.5 Å². The zero-order valence-corrected chi connectivity index (χ0v) is 20.0. The fourth-order valence-corrected chi connectivity index (χ4v) is 4.42. The number of aryl methyl sites for hydroxylation is 1. The van der Waals surface area contributed by atoms with Crippen molar-refractivity contribution >= 4 is 16.0 Å². The molecule has 0 spiro atoms. The van der Waals surface area contributed by atoms with Gasteiger partial charge in [-0.3, -0.25) is 24.2 Å². The van der Waals surface area contributed by atoms with Crippen molar-refractivity contribution in [1.82, 2.24) is 29.7 Å². The zero-order valence-electron chi connectivity index (χ0n) is 19.2. The molecule has 0 aliphatic carbocycles. The summed E-state index contributed by atoms with van der Waals surface area (Å²) in [6, 6.07) is 8.61. The lowest BCUT2D eigenvalue weighted by Crippen LogP contribution is -2.24. The van der Waals surface area contributed by atoms with E-state index in [1.807, 2.05) is 0 Å². The third-order valence-electron chi connectivity index (χ3n) is 4.97. The topological polar surface area (TPSA) is 154 Å². The van der Waals surface area contributed by atoms with Crippen molar-refractivity contribution in [3.8, 4) is 28.6 Å². The van der Waals surface area contributed by atoms with Crippen molar-refractivity contribution in [2.45, 2.75) is 13.0 Å². The molecule has 3 heterocycles. The van der Waals surface area contributed by atoms with Crippen molar-refractivity contribution in [1.29, 1.82) is 0 Å². The van der Waals surface area contributed by atoms with Gasteiger partial charge in [0, 0.05) is 24.2 Å². The first kappa shape index (κ1) is 24.0. The number of anilines is 1. The largest absolute Gasteiger partial charge is 0.494 e. The van der Waals surface area contributed by atoms with Gasteiger partial charge in [0.25, 0.3) is 0 Å². The van der Waals surface area contributed by atoms with Crippen LogP contribution < -0.4 is 14.2 Å². The van der Waals surface area contributed by atoms with Crippen LogP contribution in [0, 0.1) is 6.92 Å². The van der Waals surface area contributed by atoms with E-state index in [1.165, 1.54) is 31.2 Å². The Bertz CT molecular complexity index is 1390. The smallest absolute Gasteiger partial charge is 0.243 e. The Balaban J connectivity index is 1.78. The summed E-state index contributed by atoms with van der Waals surface area (Å²) >= 11 is 0. The average Bonchev–Trinajstić information content (AvgIpc) is 3.26. The molecule has 0 saturated carbocycles. The zero-order chi connectivity index (χ0) is 25.0. The van der Waals surface area contributed by atoms with Crippen LogP contribution >= 0.6 is 0 Å². The summed E-state index contributed by atoms with van der Waals surface area (Å²) in [6.45, 7) is 1.74. The molecule has 0 aliphatic rings. The van der Waals surface area contributed by atoms with Crippen LogP contribution in [0.3, 0.4) is 0 Å². The first-order valence-electron chi connectivity index (χ1n) is 10.4. The van der Waals surface area contributed by atoms with E-state index >= 15 is 0 Å². The summed E-state index contributed by atoms with van der Waals surface area (Å²) in [5.74, 6) is 0.273. The summed E-state index contributed by atoms with van der Waals surface area (Å²) < 4.78 is 40.9. The highest BCUT2D eigenvalue weighted by Crippen LogP contribution is 2.37. The SMILES string of the molecule is COc1cccc(OC)c1-n1c(NS(=O)(=O)C[C@H](O)c2cnc(C)cn2)nnc1-c1cccnc1. The lowest BCUT2D eigenvalue weighted by atomic mass is 10.2. The molecule has 12 nitrogen and oxygen atoms in total. The second-order valence-electron chi connectivity index (χ2n) is 7.42. The van der Waals surface area contributed by atoms with Crippen LogP contribution in [0.4, 0.5) is 5.95 Å². The Labute approximate surface area is 201 Å². The number of para-hydroxylation sites is 1. The van der Waals surface area contributed by atoms with Gasteiger partial charge in [0.15, 0.2) is 5.82 Å². The molecule has 182 valence electrons. The fourth-order valence-electron chi connectivity index (χ4n) is 3.34. The van der Waals surface area contributed by atoms with Crippen LogP contribution in [0.1, 0.15) is 17.5 Å². The van der Waals surface area contributed by atoms with Crippen LogP contribution in [0.15, 0.2) is 55.1 Å². The number of hydrogen-bond acceptors (Lipinski definition) is 10. The van der Waals surface area contributed by atoms with Crippen molar-refractivity contribution in [2.24, 2.45) is 0 Å². The van der Waals surface area contributed by atoms with Gasteiger partial charge in [0.05, 0.1) is 31.8 Å². The molecule has 0 amide bonds. The summed E-state index contributed by atoms with van der Waals surface area (Å²) in [5.41, 5.74) is 1.73. The number of pyridine rings is 1. The van der Waals surface area contributed by atoms with Gasteiger partial charge in [-0.05, 0) is 31.2 Å². The van der Waals surface area contributed by atoms with Gasteiger partial charge in [0.1, 0.15) is 29.0 Å². The summed E-state index contributed by atoms with van der Waals surface area (Å²) in [7, 11) is -1.16. The second-order valence-corrected chi connectivity index (χ2v) is 9.18. The van der Waals surface area contributed by atoms with Gasteiger partial charge in [-0.15, -0.1) is 10.2 Å². The first-order chi connectivity index (χ1) is 16.8. The lowest BCUT2D eigenvalue weighted by Gasteiger charge is -2.18. The highest BCUT2D eigenvalue weighted by Gasteiger charge is 2.27. The van der Waals surface area contributed by atoms with Gasteiger partial charge >= 0.3 is 0 Å². The first-order valence-corrected chi connectivity index (χ1v) is 12.0. The Kier molecular flexibility index (Phi) is 6.89. The van der Waals surface area contributed by atoms with Crippen molar-refractivity contribution < 1.29 is 23.0 Å². The minimum absolute atomic E-state index is 0.130. The number of methoxy groups -OCH3 is 2. The molecule has 0 fully saturated rings. The van der Waals surface area contributed by atoms with E-state index in [0.717, 1.165) is 0 Å². The Morgan fingerprint density at radius 2 is 1.77 bits per heavy atom. The van der Waals surface area contributed by atoms with E-state index in [1.54, 1.807) is 49.6 Å². The maximum atomic E-state index is 13.0. The standard InChI is InChI=1S/C22H23N7O5S/c1-14-10-25-16(12-24-14)17(30)13-35(31,32)28-22-27-26-21(15-6-5-9-23-11-15)29(22)20-18(33-2)7-4-8-19(20)34-3/h4-12,17,30H,13H2,1-3H3,(H,27,28)/t17-/m0/s1. The molecule has 0 aliphatic heterocycles. The van der Waals surface area contributed by atoms with Crippen LogP contribution in [0.2, 0.25) is 0 Å². The third-order valence-corrected chi connectivity index (χ3v) is 6.22. The molecule has 0 unspecified atom stereocenters. The van der Waals surface area contributed by atoms with E-state index in [2.05, 4.69) is 29.9 Å². The maximum absolute atomic E-state index is 13.0. The highest BCUT2D eigenvalue weighted by molar-refractivity contribution is 7.92. The lowest BCUT2D eigenvalue weighted by molar-refractivity contribution is 0.196. The Morgan fingerprint density at radius 1 is 1.03 bits per heavy atom. The highest BCUT2D eigenvalue weighted by atomic mass is 32.2. The van der Waals surface area contributed by atoms with E-state index in [-0.39, 0.29) is 11.6 Å². The van der Waals surface area contributed by atoms with Gasteiger partial charge in [-0.2, -0.15) is 0 Å². The monoisotopic (exact) mass is 497 g/mol. The number of ether oxygens (including phenoxy) is 2. The molecule has 2 N–H and O–H groups in total. The van der Waals surface area contributed by atoms with Crippen molar-refractivity contribution in [3.05, 3.63) is 66.5 Å². The Hall–Kier alpha value is -4.10. The van der Waals surface area contributed by atoms with Crippen LogP contribution in [-0.2, 0) is 10.0 Å². The predicted molar refractivity (Wildman–Crippen MR) is 127 cm³/mol. The Morgan fingerprint density at radius 3 is 2.37 bits per heavy atom. The van der Waals surface area contributed by atoms with Crippen LogP contribution in [0.25, 0.3) is 17.1 Å². The maximum Gasteiger partial charge on any atom is 0.243 e. The minimum Gasteiger partial charge on any atom is -0.494 e. The van der Waals surface area contributed by atoms with Gasteiger partial charge in [-0.25, -0.2) is 8.42 Å². The van der Waals surface area contributed by atoms with Gasteiger partial charge in [-0.1, -0.05) is 6.07 Å². The molecule has 4 rings (SSSR count). The van der Waals surface area contributed by atoms with Crippen molar-refractivity contribution in [2.75, 3.05) is 24.7 Å². The number of aliphatic hydroxyl groups excluding tert-OH is 1. The minimum atomic E-state index is -4.12. The number of aromatic nitrogens is 6. The van der Waals surface area contributed by atoms with E-state index < -0.39 is 21.9 Å². The molecule has 0 saturated heterocycles. The number of benzene rings is 1. The molecule has 0 radical (unpaired) electrons. The number of nitrogens with one attached hydrogen (secondary N) is 1. The quantitative estimate of drug-likeness (QED) is 0.350. The molecule has 4 aromatic rings. The van der Waals surface area contributed by atoms with Crippen LogP contribution in [-0.4, -0.2) is 63.2 Å². The number of nitrogens with zero attached hydrogens (tertiary/aromatic N) is 6. The molecular formula is C22H23N7O5S. The van der Waals surface area contributed by atoms with Gasteiger partial charge < -0.3 is 14.6 Å². The predicted octanol–water partition coefficient (Wildman–Crippen LogP) is 1.92. The molecule has 3 aromatic heterocycles. The van der Waals surface area contributed by atoms with Gasteiger partial charge in [0.2, 0.25) is 16.0 Å².